The summed E-state index contributed by atoms with van der Waals surface area (Å²) in [6.07, 6.45) is 2.37. The zero-order chi connectivity index (χ0) is 16.4. The van der Waals surface area contributed by atoms with Gasteiger partial charge in [-0.25, -0.2) is 4.98 Å². The van der Waals surface area contributed by atoms with E-state index in [0.29, 0.717) is 13.0 Å². The number of hydrogen-bond donors (Lipinski definition) is 0. The second-order valence-corrected chi connectivity index (χ2v) is 7.64. The Kier molecular flexibility index (Phi) is 4.68. The fraction of sp³-hybridized carbons (Fsp3) is 0.688. The zero-order valence-corrected chi connectivity index (χ0v) is 14.6. The molecule has 1 aromatic heterocycles. The minimum absolute atomic E-state index is 0.0999. The normalized spacial score (nSPS) is 26.1. The Labute approximate surface area is 141 Å². The van der Waals surface area contributed by atoms with Crippen LogP contribution >= 0.6 is 11.3 Å². The maximum absolute atomic E-state index is 12.3. The Hall–Kier alpha value is -1.47. The van der Waals surface area contributed by atoms with Crippen molar-refractivity contribution in [2.45, 2.75) is 26.8 Å². The molecule has 3 heterocycles. The third-order valence-corrected chi connectivity index (χ3v) is 5.61. The highest BCUT2D eigenvalue weighted by molar-refractivity contribution is 7.09. The number of carbonyl (C=O) groups excluding carboxylic acids is 2. The van der Waals surface area contributed by atoms with Crippen LogP contribution in [-0.2, 0) is 16.1 Å². The van der Waals surface area contributed by atoms with Gasteiger partial charge in [0.05, 0.1) is 6.54 Å². The molecule has 1 atom stereocenters. The summed E-state index contributed by atoms with van der Waals surface area (Å²) in [5.41, 5.74) is -0.146. The highest BCUT2D eigenvalue weighted by atomic mass is 32.1. The highest BCUT2D eigenvalue weighted by Crippen LogP contribution is 2.35. The van der Waals surface area contributed by atoms with E-state index in [4.69, 9.17) is 0 Å². The van der Waals surface area contributed by atoms with Crippen LogP contribution in [0.3, 0.4) is 0 Å². The number of likely N-dealkylation sites (tertiary alicyclic amines) is 1. The number of carbonyl (C=O) groups is 2. The van der Waals surface area contributed by atoms with E-state index in [1.807, 2.05) is 28.3 Å². The van der Waals surface area contributed by atoms with E-state index in [0.717, 1.165) is 44.3 Å². The van der Waals surface area contributed by atoms with Crippen molar-refractivity contribution in [1.82, 2.24) is 19.7 Å². The standard InChI is InChI=1S/C16H24N4O2S/c1-3-19-11-16(8-15(19)22)10-18(9-14-17-4-7-23-14)5-6-20(12-16)13(2)21/h4,7H,3,5-6,8-12H2,1-2H3. The highest BCUT2D eigenvalue weighted by Gasteiger charge is 2.46. The van der Waals surface area contributed by atoms with Crippen LogP contribution in [0.2, 0.25) is 0 Å². The molecule has 1 unspecified atom stereocenters. The van der Waals surface area contributed by atoms with Crippen LogP contribution in [0.15, 0.2) is 11.6 Å². The average molecular weight is 336 g/mol. The molecule has 2 fully saturated rings. The summed E-state index contributed by atoms with van der Waals surface area (Å²) in [5.74, 6) is 0.315. The van der Waals surface area contributed by atoms with E-state index in [9.17, 15) is 9.59 Å². The van der Waals surface area contributed by atoms with Crippen molar-refractivity contribution in [2.75, 3.05) is 39.3 Å². The third-order valence-electron chi connectivity index (χ3n) is 4.85. The molecule has 126 valence electrons. The molecule has 23 heavy (non-hydrogen) atoms. The monoisotopic (exact) mass is 336 g/mol. The fourth-order valence-electron chi connectivity index (χ4n) is 3.76. The lowest BCUT2D eigenvalue weighted by Gasteiger charge is -2.33. The Morgan fingerprint density at radius 1 is 1.35 bits per heavy atom. The summed E-state index contributed by atoms with van der Waals surface area (Å²) >= 11 is 1.66. The molecule has 6 nitrogen and oxygen atoms in total. The molecule has 3 rings (SSSR count). The van der Waals surface area contributed by atoms with Crippen LogP contribution in [0, 0.1) is 5.41 Å². The topological polar surface area (TPSA) is 56.8 Å². The van der Waals surface area contributed by atoms with Crippen molar-refractivity contribution >= 4 is 23.2 Å². The van der Waals surface area contributed by atoms with Crippen molar-refractivity contribution in [3.63, 3.8) is 0 Å². The van der Waals surface area contributed by atoms with Gasteiger partial charge in [-0.1, -0.05) is 0 Å². The van der Waals surface area contributed by atoms with Crippen LogP contribution in [0.1, 0.15) is 25.3 Å². The first-order chi connectivity index (χ1) is 11.0. The predicted octanol–water partition coefficient (Wildman–Crippen LogP) is 1.05. The largest absolute Gasteiger partial charge is 0.342 e. The second kappa shape index (κ2) is 6.57. The number of thiazole rings is 1. The molecule has 0 aromatic carbocycles. The molecule has 0 radical (unpaired) electrons. The first-order valence-corrected chi connectivity index (χ1v) is 9.03. The molecule has 1 aromatic rings. The van der Waals surface area contributed by atoms with Crippen molar-refractivity contribution < 1.29 is 9.59 Å². The van der Waals surface area contributed by atoms with Gasteiger partial charge in [0.1, 0.15) is 5.01 Å². The smallest absolute Gasteiger partial charge is 0.223 e. The van der Waals surface area contributed by atoms with Gasteiger partial charge in [0.15, 0.2) is 0 Å². The lowest BCUT2D eigenvalue weighted by Crippen LogP contribution is -2.43. The SMILES string of the molecule is CCN1CC2(CC1=O)CN(Cc1nccs1)CCN(C(C)=O)C2. The van der Waals surface area contributed by atoms with Gasteiger partial charge in [-0.15, -0.1) is 11.3 Å². The lowest BCUT2D eigenvalue weighted by molar-refractivity contribution is -0.130. The van der Waals surface area contributed by atoms with Gasteiger partial charge < -0.3 is 9.80 Å². The quantitative estimate of drug-likeness (QED) is 0.828. The van der Waals surface area contributed by atoms with Gasteiger partial charge >= 0.3 is 0 Å². The number of rotatable bonds is 3. The third kappa shape index (κ3) is 3.55. The van der Waals surface area contributed by atoms with Crippen molar-refractivity contribution in [2.24, 2.45) is 5.41 Å². The first kappa shape index (κ1) is 16.4. The minimum atomic E-state index is -0.146. The Morgan fingerprint density at radius 3 is 2.78 bits per heavy atom. The maximum atomic E-state index is 12.3. The van der Waals surface area contributed by atoms with Crippen molar-refractivity contribution in [1.29, 1.82) is 0 Å². The van der Waals surface area contributed by atoms with E-state index in [1.54, 1.807) is 18.3 Å². The van der Waals surface area contributed by atoms with Gasteiger partial charge in [0.25, 0.3) is 0 Å². The maximum Gasteiger partial charge on any atom is 0.223 e. The molecule has 0 N–H and O–H groups in total. The van der Waals surface area contributed by atoms with E-state index < -0.39 is 0 Å². The van der Waals surface area contributed by atoms with Gasteiger partial charge in [-0.2, -0.15) is 0 Å². The number of hydrogen-bond acceptors (Lipinski definition) is 5. The molecule has 2 amide bonds. The molecule has 0 bridgehead atoms. The summed E-state index contributed by atoms with van der Waals surface area (Å²) in [6, 6.07) is 0. The molecule has 7 heteroatoms. The molecule has 2 aliphatic rings. The predicted molar refractivity (Wildman–Crippen MR) is 88.9 cm³/mol. The fourth-order valence-corrected chi connectivity index (χ4v) is 4.41. The van der Waals surface area contributed by atoms with Crippen LogP contribution in [0.5, 0.6) is 0 Å². The van der Waals surface area contributed by atoms with Crippen molar-refractivity contribution in [3.05, 3.63) is 16.6 Å². The minimum Gasteiger partial charge on any atom is -0.342 e. The summed E-state index contributed by atoms with van der Waals surface area (Å²) in [4.78, 5) is 34.8. The van der Waals surface area contributed by atoms with E-state index in [2.05, 4.69) is 9.88 Å². The molecule has 0 saturated carbocycles. The van der Waals surface area contributed by atoms with Gasteiger partial charge in [0.2, 0.25) is 11.8 Å². The zero-order valence-electron chi connectivity index (χ0n) is 13.8. The van der Waals surface area contributed by atoms with Crippen LogP contribution < -0.4 is 0 Å². The number of aromatic nitrogens is 1. The van der Waals surface area contributed by atoms with Gasteiger partial charge in [-0.3, -0.25) is 14.5 Å². The Bertz CT molecular complexity index is 577. The van der Waals surface area contributed by atoms with Crippen LogP contribution in [-0.4, -0.2) is 70.8 Å². The summed E-state index contributed by atoms with van der Waals surface area (Å²) in [6.45, 7) is 9.02. The number of amides is 2. The Morgan fingerprint density at radius 2 is 2.17 bits per heavy atom. The Balaban J connectivity index is 1.80. The van der Waals surface area contributed by atoms with Crippen LogP contribution in [0.4, 0.5) is 0 Å². The van der Waals surface area contributed by atoms with Crippen LogP contribution in [0.25, 0.3) is 0 Å². The van der Waals surface area contributed by atoms with E-state index >= 15 is 0 Å². The van der Waals surface area contributed by atoms with Gasteiger partial charge in [-0.05, 0) is 6.92 Å². The molecule has 0 aliphatic carbocycles. The first-order valence-electron chi connectivity index (χ1n) is 8.15. The second-order valence-electron chi connectivity index (χ2n) is 6.66. The molecular weight excluding hydrogens is 312 g/mol. The lowest BCUT2D eigenvalue weighted by atomic mass is 9.86. The summed E-state index contributed by atoms with van der Waals surface area (Å²) in [7, 11) is 0. The number of nitrogens with zero attached hydrogens (tertiary/aromatic N) is 4. The molecular formula is C16H24N4O2S. The van der Waals surface area contributed by atoms with Gasteiger partial charge in [0, 0.05) is 69.6 Å². The average Bonchev–Trinajstić information content (AvgIpc) is 3.06. The van der Waals surface area contributed by atoms with E-state index in [-0.39, 0.29) is 17.2 Å². The van der Waals surface area contributed by atoms with E-state index in [1.165, 1.54) is 0 Å². The summed E-state index contributed by atoms with van der Waals surface area (Å²) < 4.78 is 0. The van der Waals surface area contributed by atoms with Crippen molar-refractivity contribution in [3.8, 4) is 0 Å². The molecule has 2 saturated heterocycles. The summed E-state index contributed by atoms with van der Waals surface area (Å²) in [5, 5.41) is 3.08. The molecule has 1 spiro atoms. The molecule has 2 aliphatic heterocycles.